The molecule has 6 heteroatoms. The summed E-state index contributed by atoms with van der Waals surface area (Å²) in [4.78, 5) is 13.4. The number of nitrogens with zero attached hydrogens (tertiary/aromatic N) is 4. The first kappa shape index (κ1) is 30.0. The van der Waals surface area contributed by atoms with Crippen LogP contribution in [0, 0.1) is 0 Å². The number of hydrogen-bond acceptors (Lipinski definition) is 4. The molecule has 0 spiro atoms. The summed E-state index contributed by atoms with van der Waals surface area (Å²) in [6.45, 7) is 2.08. The monoisotopic (exact) mass is 592 g/mol. The highest BCUT2D eigenvalue weighted by atomic mass is 79.9. The number of benzene rings is 2. The molecule has 2 aromatic heterocycles. The van der Waals surface area contributed by atoms with Gasteiger partial charge in [-0.1, -0.05) is 63.9 Å². The van der Waals surface area contributed by atoms with Crippen LogP contribution in [0.5, 0.6) is 0 Å². The maximum absolute atomic E-state index is 5.97. The van der Waals surface area contributed by atoms with Gasteiger partial charge in [-0.15, -0.1) is 0 Å². The van der Waals surface area contributed by atoms with Crippen molar-refractivity contribution in [1.82, 2.24) is 19.8 Å². The molecule has 0 aliphatic heterocycles. The standard InChI is InChI=1S/C16H19BrN2.C16H19ClN2/c2*1-19(2)12-10-15(16-5-3-4-11-18-16)13-6-8-14(17)9-7-13/h2*3-9,11,15H,10,12H2,1-2H3/t;15-/m.0/s1. The van der Waals surface area contributed by atoms with Gasteiger partial charge in [0.2, 0.25) is 0 Å². The molecule has 0 fully saturated rings. The van der Waals surface area contributed by atoms with Gasteiger partial charge in [0.15, 0.2) is 0 Å². The topological polar surface area (TPSA) is 32.3 Å². The minimum absolute atomic E-state index is 0.320. The highest BCUT2D eigenvalue weighted by molar-refractivity contribution is 9.10. The van der Waals surface area contributed by atoms with E-state index >= 15 is 0 Å². The Balaban J connectivity index is 0.000000211. The molecular weight excluding hydrogens is 556 g/mol. The predicted octanol–water partition coefficient (Wildman–Crippen LogP) is 7.75. The van der Waals surface area contributed by atoms with Crippen molar-refractivity contribution in [1.29, 1.82) is 0 Å². The first-order valence-corrected chi connectivity index (χ1v) is 14.1. The molecule has 4 aromatic rings. The molecule has 0 amide bonds. The van der Waals surface area contributed by atoms with Gasteiger partial charge in [-0.25, -0.2) is 0 Å². The number of rotatable bonds is 10. The zero-order valence-electron chi connectivity index (χ0n) is 22.8. The van der Waals surface area contributed by atoms with E-state index in [0.717, 1.165) is 46.8 Å². The van der Waals surface area contributed by atoms with Crippen LogP contribution in [0.25, 0.3) is 0 Å². The van der Waals surface area contributed by atoms with E-state index < -0.39 is 0 Å². The number of halogens is 2. The van der Waals surface area contributed by atoms with Crippen LogP contribution in [0.1, 0.15) is 47.2 Å². The van der Waals surface area contributed by atoms with Crippen molar-refractivity contribution in [2.24, 2.45) is 0 Å². The van der Waals surface area contributed by atoms with Crippen molar-refractivity contribution in [3.63, 3.8) is 0 Å². The molecule has 0 aliphatic rings. The molecule has 1 unspecified atom stereocenters. The normalized spacial score (nSPS) is 12.6. The fourth-order valence-electron chi connectivity index (χ4n) is 4.30. The number of aromatic nitrogens is 2. The molecule has 0 radical (unpaired) electrons. The summed E-state index contributed by atoms with van der Waals surface area (Å²) in [5.41, 5.74) is 4.85. The van der Waals surface area contributed by atoms with Crippen LogP contribution >= 0.6 is 27.5 Å². The largest absolute Gasteiger partial charge is 0.309 e. The molecule has 38 heavy (non-hydrogen) atoms. The van der Waals surface area contributed by atoms with Crippen LogP contribution in [-0.2, 0) is 0 Å². The summed E-state index contributed by atoms with van der Waals surface area (Å²) in [7, 11) is 8.41. The zero-order valence-corrected chi connectivity index (χ0v) is 25.1. The van der Waals surface area contributed by atoms with Gasteiger partial charge in [-0.3, -0.25) is 9.97 Å². The van der Waals surface area contributed by atoms with Crippen molar-refractivity contribution >= 4 is 27.5 Å². The van der Waals surface area contributed by atoms with Crippen molar-refractivity contribution < 1.29 is 0 Å². The van der Waals surface area contributed by atoms with E-state index in [4.69, 9.17) is 11.6 Å². The first-order chi connectivity index (χ1) is 18.3. The lowest BCUT2D eigenvalue weighted by Crippen LogP contribution is -2.17. The van der Waals surface area contributed by atoms with Gasteiger partial charge in [0, 0.05) is 45.1 Å². The highest BCUT2D eigenvalue weighted by Crippen LogP contribution is 2.28. The molecule has 0 saturated heterocycles. The molecule has 2 heterocycles. The zero-order chi connectivity index (χ0) is 27.3. The fraction of sp³-hybridized carbons (Fsp3) is 0.312. The van der Waals surface area contributed by atoms with E-state index in [2.05, 4.69) is 118 Å². The number of pyridine rings is 2. The molecule has 0 bridgehead atoms. The van der Waals surface area contributed by atoms with Crippen LogP contribution in [0.4, 0.5) is 0 Å². The minimum atomic E-state index is 0.320. The SMILES string of the molecule is CN(C)CCC(c1ccc(Br)cc1)c1ccccn1.CN(C)CC[C@@H](c1ccc(Cl)cc1)c1ccccn1. The summed E-state index contributed by atoms with van der Waals surface area (Å²) < 4.78 is 1.11. The van der Waals surface area contributed by atoms with Gasteiger partial charge in [-0.2, -0.15) is 0 Å². The van der Waals surface area contributed by atoms with Gasteiger partial charge >= 0.3 is 0 Å². The molecule has 4 rings (SSSR count). The summed E-state index contributed by atoms with van der Waals surface area (Å²) in [6, 6.07) is 28.9. The lowest BCUT2D eigenvalue weighted by Gasteiger charge is -2.19. The molecule has 0 saturated carbocycles. The van der Waals surface area contributed by atoms with E-state index in [1.54, 1.807) is 0 Å². The van der Waals surface area contributed by atoms with Crippen LogP contribution in [0.2, 0.25) is 5.02 Å². The molecule has 0 aliphatic carbocycles. The Morgan fingerprint density at radius 2 is 1.05 bits per heavy atom. The number of hydrogen-bond donors (Lipinski definition) is 0. The van der Waals surface area contributed by atoms with Gasteiger partial charge in [0.1, 0.15) is 0 Å². The summed E-state index contributed by atoms with van der Waals surface area (Å²) >= 11 is 9.46. The first-order valence-electron chi connectivity index (χ1n) is 13.0. The van der Waals surface area contributed by atoms with Crippen LogP contribution < -0.4 is 0 Å². The average molecular weight is 594 g/mol. The van der Waals surface area contributed by atoms with Gasteiger partial charge in [0.25, 0.3) is 0 Å². The van der Waals surface area contributed by atoms with E-state index in [1.165, 1.54) is 11.1 Å². The minimum Gasteiger partial charge on any atom is -0.309 e. The average Bonchev–Trinajstić information content (AvgIpc) is 2.92. The van der Waals surface area contributed by atoms with Crippen molar-refractivity contribution in [2.75, 3.05) is 41.3 Å². The second-order valence-electron chi connectivity index (χ2n) is 9.90. The van der Waals surface area contributed by atoms with Crippen molar-refractivity contribution in [2.45, 2.75) is 24.7 Å². The highest BCUT2D eigenvalue weighted by Gasteiger charge is 2.16. The van der Waals surface area contributed by atoms with Gasteiger partial charge in [0.05, 0.1) is 0 Å². The third-order valence-electron chi connectivity index (χ3n) is 6.36. The summed E-state index contributed by atoms with van der Waals surface area (Å²) in [5.74, 6) is 0.678. The maximum atomic E-state index is 5.97. The van der Waals surface area contributed by atoms with Crippen molar-refractivity contribution in [3.05, 3.63) is 129 Å². The smallest absolute Gasteiger partial charge is 0.0478 e. The van der Waals surface area contributed by atoms with E-state index in [0.29, 0.717) is 11.8 Å². The van der Waals surface area contributed by atoms with Crippen LogP contribution in [0.3, 0.4) is 0 Å². The Morgan fingerprint density at radius 3 is 1.42 bits per heavy atom. The quantitative estimate of drug-likeness (QED) is 0.188. The van der Waals surface area contributed by atoms with Gasteiger partial charge < -0.3 is 9.80 Å². The molecule has 200 valence electrons. The Hall–Kier alpha value is -2.57. The van der Waals surface area contributed by atoms with Crippen molar-refractivity contribution in [3.8, 4) is 0 Å². The summed E-state index contributed by atoms with van der Waals surface area (Å²) in [6.07, 6.45) is 5.85. The summed E-state index contributed by atoms with van der Waals surface area (Å²) in [5, 5.41) is 0.774. The molecule has 4 nitrogen and oxygen atoms in total. The molecule has 2 atom stereocenters. The van der Waals surface area contributed by atoms with E-state index in [1.807, 2.05) is 42.7 Å². The predicted molar refractivity (Wildman–Crippen MR) is 164 cm³/mol. The fourth-order valence-corrected chi connectivity index (χ4v) is 4.69. The third kappa shape index (κ3) is 9.95. The van der Waals surface area contributed by atoms with Gasteiger partial charge in [-0.05, 0) is 114 Å². The van der Waals surface area contributed by atoms with Crippen LogP contribution in [-0.4, -0.2) is 61.0 Å². The Kier molecular flexibility index (Phi) is 12.4. The lowest BCUT2D eigenvalue weighted by atomic mass is 9.92. The van der Waals surface area contributed by atoms with Crippen LogP contribution in [0.15, 0.2) is 102 Å². The Bertz CT molecular complexity index is 1090. The van der Waals surface area contributed by atoms with E-state index in [9.17, 15) is 0 Å². The molecule has 0 N–H and O–H groups in total. The molecular formula is C32H38BrClN4. The lowest BCUT2D eigenvalue weighted by molar-refractivity contribution is 0.389. The molecule has 2 aromatic carbocycles. The van der Waals surface area contributed by atoms with E-state index in [-0.39, 0.29) is 0 Å². The second kappa shape index (κ2) is 15.7. The Labute approximate surface area is 241 Å². The maximum Gasteiger partial charge on any atom is 0.0478 e. The third-order valence-corrected chi connectivity index (χ3v) is 7.14. The Morgan fingerprint density at radius 1 is 0.632 bits per heavy atom. The second-order valence-corrected chi connectivity index (χ2v) is 11.3.